The molecule has 2 N–H and O–H groups in total. The van der Waals surface area contributed by atoms with Crippen molar-refractivity contribution in [1.82, 2.24) is 14.9 Å². The zero-order valence-corrected chi connectivity index (χ0v) is 17.7. The molecule has 1 atom stereocenters. The van der Waals surface area contributed by atoms with Crippen LogP contribution >= 0.6 is 11.3 Å². The highest BCUT2D eigenvalue weighted by atomic mass is 32.2. The molecule has 0 bridgehead atoms. The van der Waals surface area contributed by atoms with Crippen molar-refractivity contribution in [2.75, 3.05) is 12.4 Å². The third kappa shape index (κ3) is 5.17. The minimum atomic E-state index is -3.90. The summed E-state index contributed by atoms with van der Waals surface area (Å²) < 4.78 is 32.7. The van der Waals surface area contributed by atoms with Crippen molar-refractivity contribution in [2.24, 2.45) is 0 Å². The molecule has 0 unspecified atom stereocenters. The van der Waals surface area contributed by atoms with Crippen LogP contribution in [0.15, 0.2) is 52.9 Å². The van der Waals surface area contributed by atoms with E-state index in [1.54, 1.807) is 56.5 Å². The second-order valence-corrected chi connectivity index (χ2v) is 9.18. The summed E-state index contributed by atoms with van der Waals surface area (Å²) in [7, 11) is -2.34. The molecule has 0 spiro atoms. The van der Waals surface area contributed by atoms with Crippen molar-refractivity contribution in [3.05, 3.63) is 65.2 Å². The molecule has 3 aromatic rings. The van der Waals surface area contributed by atoms with Gasteiger partial charge in [-0.15, -0.1) is 10.2 Å². The number of carbonyl (C=O) groups is 1. The van der Waals surface area contributed by atoms with Crippen LogP contribution in [0.1, 0.15) is 34.5 Å². The van der Waals surface area contributed by atoms with Gasteiger partial charge in [-0.05, 0) is 43.7 Å². The predicted octanol–water partition coefficient (Wildman–Crippen LogP) is 3.15. The van der Waals surface area contributed by atoms with Crippen LogP contribution in [0, 0.1) is 6.92 Å². The van der Waals surface area contributed by atoms with Crippen molar-refractivity contribution in [3.63, 3.8) is 0 Å². The third-order valence-electron chi connectivity index (χ3n) is 4.08. The first-order valence-corrected chi connectivity index (χ1v) is 11.0. The van der Waals surface area contributed by atoms with E-state index in [0.717, 1.165) is 22.5 Å². The number of carbonyl (C=O) groups excluding carboxylic acids is 1. The zero-order valence-electron chi connectivity index (χ0n) is 16.0. The Bertz CT molecular complexity index is 1110. The maximum Gasteiger partial charge on any atom is 0.270 e. The SMILES string of the molecule is COc1ccc([C@@H](C)NS(=O)(=O)c2nnc(NC(=O)c3cccc(C)c3)s2)cc1. The van der Waals surface area contributed by atoms with Gasteiger partial charge >= 0.3 is 0 Å². The molecule has 1 heterocycles. The Morgan fingerprint density at radius 3 is 2.52 bits per heavy atom. The molecular weight excluding hydrogens is 412 g/mol. The van der Waals surface area contributed by atoms with Crippen molar-refractivity contribution < 1.29 is 17.9 Å². The number of methoxy groups -OCH3 is 1. The monoisotopic (exact) mass is 432 g/mol. The highest BCUT2D eigenvalue weighted by molar-refractivity contribution is 7.91. The number of rotatable bonds is 7. The number of aryl methyl sites for hydroxylation is 1. The number of hydrogen-bond donors (Lipinski definition) is 2. The van der Waals surface area contributed by atoms with Crippen LogP contribution in [0.3, 0.4) is 0 Å². The average molecular weight is 433 g/mol. The third-order valence-corrected chi connectivity index (χ3v) is 6.83. The fraction of sp³-hybridized carbons (Fsp3) is 0.211. The van der Waals surface area contributed by atoms with Crippen LogP contribution in [-0.2, 0) is 10.0 Å². The van der Waals surface area contributed by atoms with Gasteiger partial charge in [0, 0.05) is 11.6 Å². The number of benzene rings is 2. The number of ether oxygens (including phenoxy) is 1. The fourth-order valence-electron chi connectivity index (χ4n) is 2.57. The molecule has 0 saturated carbocycles. The van der Waals surface area contributed by atoms with Crippen LogP contribution in [0.2, 0.25) is 0 Å². The van der Waals surface area contributed by atoms with Gasteiger partial charge in [0.15, 0.2) is 0 Å². The van der Waals surface area contributed by atoms with E-state index in [-0.39, 0.29) is 15.4 Å². The Hall–Kier alpha value is -2.82. The highest BCUT2D eigenvalue weighted by Crippen LogP contribution is 2.24. The minimum Gasteiger partial charge on any atom is -0.497 e. The molecule has 29 heavy (non-hydrogen) atoms. The molecule has 152 valence electrons. The lowest BCUT2D eigenvalue weighted by Crippen LogP contribution is -2.26. The van der Waals surface area contributed by atoms with Gasteiger partial charge in [0.25, 0.3) is 15.9 Å². The Labute approximate surface area is 173 Å². The molecule has 2 aromatic carbocycles. The van der Waals surface area contributed by atoms with Crippen LogP contribution < -0.4 is 14.8 Å². The van der Waals surface area contributed by atoms with Gasteiger partial charge in [-0.2, -0.15) is 0 Å². The lowest BCUT2D eigenvalue weighted by Gasteiger charge is -2.13. The van der Waals surface area contributed by atoms with Crippen LogP contribution in [0.4, 0.5) is 5.13 Å². The molecule has 0 aliphatic rings. The van der Waals surface area contributed by atoms with Crippen molar-refractivity contribution in [3.8, 4) is 5.75 Å². The molecule has 0 saturated heterocycles. The molecule has 8 nitrogen and oxygen atoms in total. The normalized spacial score (nSPS) is 12.4. The Kier molecular flexibility index (Phi) is 6.26. The molecule has 1 amide bonds. The van der Waals surface area contributed by atoms with Crippen LogP contribution in [0.25, 0.3) is 0 Å². The van der Waals surface area contributed by atoms with Gasteiger partial charge in [-0.1, -0.05) is 41.2 Å². The Morgan fingerprint density at radius 1 is 1.14 bits per heavy atom. The first kappa shape index (κ1) is 20.9. The minimum absolute atomic E-state index is 0.106. The number of nitrogens with zero attached hydrogens (tertiary/aromatic N) is 2. The van der Waals surface area contributed by atoms with Gasteiger partial charge < -0.3 is 4.74 Å². The maximum atomic E-state index is 12.6. The molecule has 3 rings (SSSR count). The first-order chi connectivity index (χ1) is 13.8. The van der Waals surface area contributed by atoms with Gasteiger partial charge in [0.05, 0.1) is 7.11 Å². The number of amides is 1. The highest BCUT2D eigenvalue weighted by Gasteiger charge is 2.24. The van der Waals surface area contributed by atoms with Crippen molar-refractivity contribution >= 4 is 32.4 Å². The zero-order chi connectivity index (χ0) is 21.0. The molecular formula is C19H20N4O4S2. The summed E-state index contributed by atoms with van der Waals surface area (Å²) in [5.74, 6) is 0.301. The summed E-state index contributed by atoms with van der Waals surface area (Å²) in [6.07, 6.45) is 0. The number of hydrogen-bond acceptors (Lipinski definition) is 7. The van der Waals surface area contributed by atoms with E-state index in [1.807, 2.05) is 13.0 Å². The van der Waals surface area contributed by atoms with Gasteiger partial charge in [-0.25, -0.2) is 13.1 Å². The fourth-order valence-corrected chi connectivity index (χ4v) is 4.71. The largest absolute Gasteiger partial charge is 0.497 e. The van der Waals surface area contributed by atoms with E-state index >= 15 is 0 Å². The standard InChI is InChI=1S/C19H20N4O4S2/c1-12-5-4-6-15(11-12)17(24)20-18-21-22-19(28-18)29(25,26)23-13(2)14-7-9-16(27-3)10-8-14/h4-11,13,23H,1-3H3,(H,20,21,24)/t13-/m1/s1. The lowest BCUT2D eigenvalue weighted by molar-refractivity contribution is 0.102. The van der Waals surface area contributed by atoms with E-state index in [9.17, 15) is 13.2 Å². The van der Waals surface area contributed by atoms with Gasteiger partial charge in [0.2, 0.25) is 9.47 Å². The Balaban J connectivity index is 1.70. The molecule has 0 aliphatic carbocycles. The van der Waals surface area contributed by atoms with Crippen molar-refractivity contribution in [1.29, 1.82) is 0 Å². The van der Waals surface area contributed by atoms with Gasteiger partial charge in [-0.3, -0.25) is 10.1 Å². The molecule has 0 radical (unpaired) electrons. The molecule has 10 heteroatoms. The van der Waals surface area contributed by atoms with Crippen LogP contribution in [-0.4, -0.2) is 31.6 Å². The summed E-state index contributed by atoms with van der Waals surface area (Å²) in [6, 6.07) is 13.6. The van der Waals surface area contributed by atoms with E-state index in [1.165, 1.54) is 0 Å². The van der Waals surface area contributed by atoms with E-state index in [2.05, 4.69) is 20.2 Å². The topological polar surface area (TPSA) is 110 Å². The summed E-state index contributed by atoms with van der Waals surface area (Å²) in [5, 5.41) is 10.2. The molecule has 0 aliphatic heterocycles. The van der Waals surface area contributed by atoms with E-state index < -0.39 is 16.1 Å². The lowest BCUT2D eigenvalue weighted by atomic mass is 10.1. The predicted molar refractivity (Wildman–Crippen MR) is 111 cm³/mol. The molecule has 1 aromatic heterocycles. The second kappa shape index (κ2) is 8.68. The second-order valence-electron chi connectivity index (χ2n) is 6.31. The maximum absolute atomic E-state index is 12.6. The number of sulfonamides is 1. The quantitative estimate of drug-likeness (QED) is 0.555. The van der Waals surface area contributed by atoms with Gasteiger partial charge in [0.1, 0.15) is 5.75 Å². The Morgan fingerprint density at radius 2 is 1.86 bits per heavy atom. The summed E-state index contributed by atoms with van der Waals surface area (Å²) in [6.45, 7) is 3.60. The smallest absolute Gasteiger partial charge is 0.270 e. The molecule has 0 fully saturated rings. The summed E-state index contributed by atoms with van der Waals surface area (Å²) in [4.78, 5) is 12.3. The number of anilines is 1. The van der Waals surface area contributed by atoms with Crippen LogP contribution in [0.5, 0.6) is 5.75 Å². The summed E-state index contributed by atoms with van der Waals surface area (Å²) >= 11 is 0.786. The summed E-state index contributed by atoms with van der Waals surface area (Å²) in [5.41, 5.74) is 2.16. The van der Waals surface area contributed by atoms with E-state index in [0.29, 0.717) is 11.3 Å². The van der Waals surface area contributed by atoms with E-state index in [4.69, 9.17) is 4.74 Å². The first-order valence-electron chi connectivity index (χ1n) is 8.66. The number of nitrogens with one attached hydrogen (secondary N) is 2. The number of aromatic nitrogens is 2. The van der Waals surface area contributed by atoms with Crippen molar-refractivity contribution in [2.45, 2.75) is 24.2 Å². The average Bonchev–Trinajstić information content (AvgIpc) is 3.17.